The van der Waals surface area contributed by atoms with E-state index in [2.05, 4.69) is 20.3 Å². The first kappa shape index (κ1) is 25.7. The molecule has 0 spiro atoms. The number of rotatable bonds is 4. The Bertz CT molecular complexity index is 1730. The Balaban J connectivity index is 1.61. The van der Waals surface area contributed by atoms with Crippen molar-refractivity contribution in [1.82, 2.24) is 15.0 Å². The van der Waals surface area contributed by atoms with Gasteiger partial charge in [-0.1, -0.05) is 18.2 Å². The summed E-state index contributed by atoms with van der Waals surface area (Å²) in [4.78, 5) is 25.8. The lowest BCUT2D eigenvalue weighted by molar-refractivity contribution is -0.137. The standard InChI is InChI=1S/C29H22F3N5O2/c1-15-6-8-17(27(39)36-21-5-3-4-20(12-21)29(30,31)32)10-22(15)23-11-19-14-35-28(33)37-25(19)24(26(23)38)18-9-7-16(2)34-13-18/h3-14,38H,1-2H3,(H,36,39)(H2,33,35,37). The fraction of sp³-hybridized carbons (Fsp3) is 0.103. The second kappa shape index (κ2) is 9.71. The molecule has 0 bridgehead atoms. The number of alkyl halides is 3. The van der Waals surface area contributed by atoms with Gasteiger partial charge in [0, 0.05) is 45.9 Å². The highest BCUT2D eigenvalue weighted by atomic mass is 19.4. The number of aromatic nitrogens is 3. The van der Waals surface area contributed by atoms with Crippen LogP contribution in [-0.2, 0) is 6.18 Å². The van der Waals surface area contributed by atoms with Crippen LogP contribution >= 0.6 is 0 Å². The van der Waals surface area contributed by atoms with E-state index >= 15 is 0 Å². The third kappa shape index (κ3) is 5.08. The minimum atomic E-state index is -4.54. The number of benzene rings is 3. The number of phenolic OH excluding ortho intramolecular Hbond substituents is 1. The number of hydrogen-bond donors (Lipinski definition) is 3. The topological polar surface area (TPSA) is 114 Å². The highest BCUT2D eigenvalue weighted by Gasteiger charge is 2.30. The zero-order valence-electron chi connectivity index (χ0n) is 20.8. The summed E-state index contributed by atoms with van der Waals surface area (Å²) in [5.74, 6) is -0.653. The van der Waals surface area contributed by atoms with Crippen molar-refractivity contribution in [2.45, 2.75) is 20.0 Å². The highest BCUT2D eigenvalue weighted by molar-refractivity contribution is 6.06. The molecule has 5 rings (SSSR count). The molecule has 0 aliphatic carbocycles. The quantitative estimate of drug-likeness (QED) is 0.244. The van der Waals surface area contributed by atoms with Crippen molar-refractivity contribution in [3.63, 3.8) is 0 Å². The van der Waals surface area contributed by atoms with Crippen molar-refractivity contribution in [3.05, 3.63) is 95.4 Å². The summed E-state index contributed by atoms with van der Waals surface area (Å²) in [6, 6.07) is 14.6. The first-order valence-corrected chi connectivity index (χ1v) is 11.8. The number of nitrogens with zero attached hydrogens (tertiary/aromatic N) is 3. The molecule has 2 aromatic heterocycles. The Labute approximate surface area is 221 Å². The zero-order valence-corrected chi connectivity index (χ0v) is 20.8. The number of anilines is 2. The van der Waals surface area contributed by atoms with Crippen molar-refractivity contribution in [2.24, 2.45) is 0 Å². The molecule has 0 aliphatic heterocycles. The number of nitrogen functional groups attached to an aromatic ring is 1. The summed E-state index contributed by atoms with van der Waals surface area (Å²) in [7, 11) is 0. The predicted octanol–water partition coefficient (Wildman–Crippen LogP) is 6.53. The van der Waals surface area contributed by atoms with Gasteiger partial charge in [-0.15, -0.1) is 0 Å². The number of phenols is 1. The van der Waals surface area contributed by atoms with E-state index in [0.717, 1.165) is 23.4 Å². The van der Waals surface area contributed by atoms with Gasteiger partial charge >= 0.3 is 6.18 Å². The van der Waals surface area contributed by atoms with Crippen LogP contribution in [-0.4, -0.2) is 26.0 Å². The second-order valence-electron chi connectivity index (χ2n) is 9.06. The third-order valence-corrected chi connectivity index (χ3v) is 6.30. The van der Waals surface area contributed by atoms with Gasteiger partial charge in [0.15, 0.2) is 0 Å². The first-order valence-electron chi connectivity index (χ1n) is 11.8. The molecule has 0 radical (unpaired) electrons. The Morgan fingerprint density at radius 3 is 2.46 bits per heavy atom. The summed E-state index contributed by atoms with van der Waals surface area (Å²) < 4.78 is 39.3. The largest absolute Gasteiger partial charge is 0.507 e. The first-order chi connectivity index (χ1) is 18.5. The van der Waals surface area contributed by atoms with E-state index in [9.17, 15) is 23.1 Å². The number of carbonyl (C=O) groups is 1. The molecule has 1 amide bonds. The molecule has 3 aromatic carbocycles. The van der Waals surface area contributed by atoms with E-state index in [1.54, 1.807) is 36.7 Å². The van der Waals surface area contributed by atoms with E-state index < -0.39 is 17.6 Å². The van der Waals surface area contributed by atoms with Crippen molar-refractivity contribution >= 4 is 28.4 Å². The fourth-order valence-electron chi connectivity index (χ4n) is 4.31. The Hall–Kier alpha value is -4.99. The number of fused-ring (bicyclic) bond motifs is 1. The smallest absolute Gasteiger partial charge is 0.416 e. The number of amides is 1. The Kier molecular flexibility index (Phi) is 6.39. The highest BCUT2D eigenvalue weighted by Crippen LogP contribution is 2.44. The third-order valence-electron chi connectivity index (χ3n) is 6.30. The Morgan fingerprint density at radius 1 is 0.949 bits per heavy atom. The van der Waals surface area contributed by atoms with Gasteiger partial charge in [-0.05, 0) is 67.4 Å². The molecule has 10 heteroatoms. The van der Waals surface area contributed by atoms with Gasteiger partial charge in [-0.25, -0.2) is 9.97 Å². The molecule has 0 saturated heterocycles. The van der Waals surface area contributed by atoms with Crippen LogP contribution in [0, 0.1) is 13.8 Å². The summed E-state index contributed by atoms with van der Waals surface area (Å²) in [5.41, 5.74) is 9.14. The normalized spacial score (nSPS) is 11.5. The maximum atomic E-state index is 13.1. The van der Waals surface area contributed by atoms with Gasteiger partial charge in [0.05, 0.1) is 16.6 Å². The molecule has 2 heterocycles. The summed E-state index contributed by atoms with van der Waals surface area (Å²) >= 11 is 0. The maximum Gasteiger partial charge on any atom is 0.416 e. The average molecular weight is 530 g/mol. The summed E-state index contributed by atoms with van der Waals surface area (Å²) in [6.45, 7) is 3.66. The lowest BCUT2D eigenvalue weighted by atomic mass is 9.92. The van der Waals surface area contributed by atoms with Crippen molar-refractivity contribution in [1.29, 1.82) is 0 Å². The minimum absolute atomic E-state index is 0.00870. The van der Waals surface area contributed by atoms with Crippen LogP contribution in [0.15, 0.2) is 73.1 Å². The predicted molar refractivity (Wildman–Crippen MR) is 143 cm³/mol. The molecule has 0 aliphatic rings. The van der Waals surface area contributed by atoms with Crippen LogP contribution in [0.4, 0.5) is 24.8 Å². The summed E-state index contributed by atoms with van der Waals surface area (Å²) in [5, 5.41) is 14.6. The SMILES string of the molecule is Cc1ccc(-c2c(O)c(-c3cc(C(=O)Nc4cccc(C(F)(F)F)c4)ccc3C)cc3cnc(N)nc23)cn1. The molecule has 0 fully saturated rings. The van der Waals surface area contributed by atoms with E-state index in [-0.39, 0.29) is 22.9 Å². The maximum absolute atomic E-state index is 13.1. The van der Waals surface area contributed by atoms with Gasteiger partial charge < -0.3 is 16.2 Å². The minimum Gasteiger partial charge on any atom is -0.507 e. The molecular formula is C29H22F3N5O2. The van der Waals surface area contributed by atoms with Gasteiger partial charge in [-0.3, -0.25) is 9.78 Å². The van der Waals surface area contributed by atoms with Crippen LogP contribution in [0.1, 0.15) is 27.2 Å². The molecule has 4 N–H and O–H groups in total. The van der Waals surface area contributed by atoms with Crippen LogP contribution in [0.25, 0.3) is 33.2 Å². The molecule has 0 atom stereocenters. The molecular weight excluding hydrogens is 507 g/mol. The van der Waals surface area contributed by atoms with Crippen LogP contribution in [0.5, 0.6) is 5.75 Å². The van der Waals surface area contributed by atoms with Crippen LogP contribution in [0.2, 0.25) is 0 Å². The number of aromatic hydroxyl groups is 1. The van der Waals surface area contributed by atoms with Gasteiger partial charge in [0.2, 0.25) is 5.95 Å². The number of pyridine rings is 1. The van der Waals surface area contributed by atoms with Crippen molar-refractivity contribution in [2.75, 3.05) is 11.1 Å². The number of nitrogens with one attached hydrogen (secondary N) is 1. The average Bonchev–Trinajstić information content (AvgIpc) is 2.89. The monoisotopic (exact) mass is 529 g/mol. The number of aryl methyl sites for hydroxylation is 2. The Morgan fingerprint density at radius 2 is 1.74 bits per heavy atom. The van der Waals surface area contributed by atoms with Crippen LogP contribution in [0.3, 0.4) is 0 Å². The lowest BCUT2D eigenvalue weighted by Crippen LogP contribution is -2.13. The summed E-state index contributed by atoms with van der Waals surface area (Å²) in [6.07, 6.45) is -1.37. The van der Waals surface area contributed by atoms with E-state index in [1.807, 2.05) is 26.0 Å². The fourth-order valence-corrected chi connectivity index (χ4v) is 4.31. The van der Waals surface area contributed by atoms with Gasteiger partial charge in [-0.2, -0.15) is 13.2 Å². The molecule has 7 nitrogen and oxygen atoms in total. The van der Waals surface area contributed by atoms with E-state index in [0.29, 0.717) is 33.2 Å². The number of carbonyl (C=O) groups excluding carboxylic acids is 1. The molecule has 196 valence electrons. The van der Waals surface area contributed by atoms with E-state index in [1.165, 1.54) is 12.1 Å². The van der Waals surface area contributed by atoms with Crippen LogP contribution < -0.4 is 11.1 Å². The van der Waals surface area contributed by atoms with E-state index in [4.69, 9.17) is 5.73 Å². The molecule has 5 aromatic rings. The number of halogens is 3. The molecule has 0 saturated carbocycles. The molecule has 39 heavy (non-hydrogen) atoms. The van der Waals surface area contributed by atoms with Crippen molar-refractivity contribution in [3.8, 4) is 28.0 Å². The number of hydrogen-bond acceptors (Lipinski definition) is 6. The second-order valence-corrected chi connectivity index (χ2v) is 9.06. The van der Waals surface area contributed by atoms with Crippen molar-refractivity contribution < 1.29 is 23.1 Å². The molecule has 0 unspecified atom stereocenters. The number of nitrogens with two attached hydrogens (primary N) is 1. The zero-order chi connectivity index (χ0) is 27.9. The lowest BCUT2D eigenvalue weighted by Gasteiger charge is -2.16. The van der Waals surface area contributed by atoms with Gasteiger partial charge in [0.25, 0.3) is 5.91 Å². The van der Waals surface area contributed by atoms with Gasteiger partial charge in [0.1, 0.15) is 5.75 Å².